The predicted molar refractivity (Wildman–Crippen MR) is 125 cm³/mol. The fraction of sp³-hybridized carbons (Fsp3) is 0.167. The van der Waals surface area contributed by atoms with Gasteiger partial charge in [-0.15, -0.1) is 0 Å². The van der Waals surface area contributed by atoms with Crippen molar-refractivity contribution in [3.8, 4) is 11.5 Å². The summed E-state index contributed by atoms with van der Waals surface area (Å²) in [5, 5.41) is 5.65. The van der Waals surface area contributed by atoms with Gasteiger partial charge in [0.2, 0.25) is 0 Å². The lowest BCUT2D eigenvalue weighted by molar-refractivity contribution is 0.0963. The SMILES string of the molecule is Cc1cc(Oc2c(C)cc(NC(=O)NC(=O)c3ccccc3F)c(C)c2Cl)c(C)cc1Cl. The summed E-state index contributed by atoms with van der Waals surface area (Å²) in [5.74, 6) is -0.510. The van der Waals surface area contributed by atoms with E-state index in [2.05, 4.69) is 10.6 Å². The molecule has 0 aliphatic carbocycles. The zero-order valence-corrected chi connectivity index (χ0v) is 19.4. The van der Waals surface area contributed by atoms with Gasteiger partial charge in [0.05, 0.1) is 10.6 Å². The van der Waals surface area contributed by atoms with Crippen molar-refractivity contribution in [1.29, 1.82) is 0 Å². The van der Waals surface area contributed by atoms with Crippen molar-refractivity contribution in [3.63, 3.8) is 0 Å². The van der Waals surface area contributed by atoms with E-state index in [9.17, 15) is 14.0 Å². The van der Waals surface area contributed by atoms with E-state index < -0.39 is 17.8 Å². The van der Waals surface area contributed by atoms with Gasteiger partial charge in [0.15, 0.2) is 0 Å². The minimum atomic E-state index is -0.852. The third-order valence-corrected chi connectivity index (χ3v) is 5.78. The van der Waals surface area contributed by atoms with Crippen molar-refractivity contribution >= 4 is 40.8 Å². The zero-order valence-electron chi connectivity index (χ0n) is 17.9. The fourth-order valence-electron chi connectivity index (χ4n) is 3.05. The van der Waals surface area contributed by atoms with Gasteiger partial charge in [-0.05, 0) is 80.3 Å². The van der Waals surface area contributed by atoms with Crippen molar-refractivity contribution in [2.45, 2.75) is 27.7 Å². The second-order valence-electron chi connectivity index (χ2n) is 7.37. The number of nitrogens with one attached hydrogen (secondary N) is 2. The molecule has 3 aromatic carbocycles. The highest BCUT2D eigenvalue weighted by Gasteiger charge is 2.19. The first kappa shape index (κ1) is 23.6. The first-order chi connectivity index (χ1) is 15.1. The smallest absolute Gasteiger partial charge is 0.326 e. The van der Waals surface area contributed by atoms with Crippen LogP contribution in [0, 0.1) is 33.5 Å². The fourth-order valence-corrected chi connectivity index (χ4v) is 3.56. The molecule has 0 saturated heterocycles. The van der Waals surface area contributed by atoms with Gasteiger partial charge >= 0.3 is 6.03 Å². The first-order valence-corrected chi connectivity index (χ1v) is 10.4. The van der Waals surface area contributed by atoms with Crippen LogP contribution in [0.1, 0.15) is 32.6 Å². The average molecular weight is 475 g/mol. The molecule has 3 aromatic rings. The largest absolute Gasteiger partial charge is 0.455 e. The van der Waals surface area contributed by atoms with Crippen LogP contribution in [0.25, 0.3) is 0 Å². The summed E-state index contributed by atoms with van der Waals surface area (Å²) in [4.78, 5) is 24.5. The Morgan fingerprint density at radius 1 is 0.938 bits per heavy atom. The molecule has 0 saturated carbocycles. The van der Waals surface area contributed by atoms with Gasteiger partial charge in [-0.25, -0.2) is 9.18 Å². The number of carbonyl (C=O) groups excluding carboxylic acids is 2. The Bertz CT molecular complexity index is 1230. The Labute approximate surface area is 195 Å². The van der Waals surface area contributed by atoms with Crippen molar-refractivity contribution in [2.24, 2.45) is 0 Å². The van der Waals surface area contributed by atoms with Crippen LogP contribution in [-0.2, 0) is 0 Å². The highest BCUT2D eigenvalue weighted by Crippen LogP contribution is 2.40. The van der Waals surface area contributed by atoms with Gasteiger partial charge in [0.25, 0.3) is 5.91 Å². The summed E-state index contributed by atoms with van der Waals surface area (Å²) in [6.45, 7) is 7.25. The molecule has 8 heteroatoms. The predicted octanol–water partition coefficient (Wildman–Crippen LogP) is 7.12. The first-order valence-electron chi connectivity index (χ1n) is 9.69. The molecule has 0 spiro atoms. The summed E-state index contributed by atoms with van der Waals surface area (Å²) >= 11 is 12.7. The van der Waals surface area contributed by atoms with Crippen LogP contribution in [0.2, 0.25) is 10.0 Å². The lowest BCUT2D eigenvalue weighted by atomic mass is 10.1. The molecular weight excluding hydrogens is 454 g/mol. The molecule has 0 bridgehead atoms. The van der Waals surface area contributed by atoms with Crippen LogP contribution in [0.4, 0.5) is 14.9 Å². The van der Waals surface area contributed by atoms with Gasteiger partial charge < -0.3 is 10.1 Å². The van der Waals surface area contributed by atoms with Crippen molar-refractivity contribution < 1.29 is 18.7 Å². The second-order valence-corrected chi connectivity index (χ2v) is 8.15. The number of rotatable bonds is 4. The number of anilines is 1. The molecule has 0 heterocycles. The van der Waals surface area contributed by atoms with E-state index in [0.717, 1.165) is 17.2 Å². The maximum atomic E-state index is 13.8. The molecule has 32 heavy (non-hydrogen) atoms. The average Bonchev–Trinajstić information content (AvgIpc) is 2.73. The summed E-state index contributed by atoms with van der Waals surface area (Å²) in [5.41, 5.74) is 3.09. The van der Waals surface area contributed by atoms with E-state index in [1.54, 1.807) is 19.9 Å². The van der Waals surface area contributed by atoms with E-state index in [-0.39, 0.29) is 5.56 Å². The standard InChI is InChI=1S/C24H21Cl2FN2O3/c1-12-11-20(13(2)9-17(12)25)32-22-14(3)10-19(15(4)21(22)26)28-24(31)29-23(30)16-7-5-6-8-18(16)27/h5-11H,1-4H3,(H2,28,29,30,31). The summed E-state index contributed by atoms with van der Waals surface area (Å²) in [7, 11) is 0. The minimum absolute atomic E-state index is 0.231. The molecule has 0 atom stereocenters. The summed E-state index contributed by atoms with van der Waals surface area (Å²) in [6.07, 6.45) is 0. The Morgan fingerprint density at radius 2 is 1.62 bits per heavy atom. The number of hydrogen-bond acceptors (Lipinski definition) is 3. The minimum Gasteiger partial charge on any atom is -0.455 e. The molecule has 3 rings (SSSR count). The number of amides is 3. The molecule has 0 fully saturated rings. The number of benzene rings is 3. The number of aryl methyl sites for hydroxylation is 3. The molecule has 3 amide bonds. The van der Waals surface area contributed by atoms with E-state index in [4.69, 9.17) is 27.9 Å². The second kappa shape index (κ2) is 9.59. The Balaban J connectivity index is 1.81. The van der Waals surface area contributed by atoms with Crippen LogP contribution >= 0.6 is 23.2 Å². The molecule has 0 radical (unpaired) electrons. The van der Waals surface area contributed by atoms with E-state index in [1.165, 1.54) is 18.2 Å². The van der Waals surface area contributed by atoms with Crippen LogP contribution in [0.15, 0.2) is 42.5 Å². The van der Waals surface area contributed by atoms with Gasteiger partial charge in [0.1, 0.15) is 17.3 Å². The third-order valence-electron chi connectivity index (χ3n) is 4.91. The molecule has 166 valence electrons. The zero-order chi connectivity index (χ0) is 23.6. The monoisotopic (exact) mass is 474 g/mol. The summed E-state index contributed by atoms with van der Waals surface area (Å²) in [6, 6.07) is 9.91. The maximum absolute atomic E-state index is 13.8. The lowest BCUT2D eigenvalue weighted by Crippen LogP contribution is -2.35. The number of urea groups is 1. The number of imide groups is 1. The van der Waals surface area contributed by atoms with Crippen molar-refractivity contribution in [3.05, 3.63) is 86.1 Å². The van der Waals surface area contributed by atoms with Gasteiger partial charge in [-0.1, -0.05) is 35.3 Å². The Hall–Kier alpha value is -3.09. The highest BCUT2D eigenvalue weighted by atomic mass is 35.5. The molecular formula is C24H21Cl2FN2O3. The quantitative estimate of drug-likeness (QED) is 0.422. The highest BCUT2D eigenvalue weighted by molar-refractivity contribution is 6.33. The summed E-state index contributed by atoms with van der Waals surface area (Å²) < 4.78 is 19.8. The number of hydrogen-bond donors (Lipinski definition) is 2. The third kappa shape index (κ3) is 5.03. The van der Waals surface area contributed by atoms with Gasteiger partial charge in [0, 0.05) is 10.7 Å². The van der Waals surface area contributed by atoms with Crippen LogP contribution in [0.3, 0.4) is 0 Å². The van der Waals surface area contributed by atoms with Crippen molar-refractivity contribution in [2.75, 3.05) is 5.32 Å². The Morgan fingerprint density at radius 3 is 2.31 bits per heavy atom. The molecule has 0 unspecified atom stereocenters. The van der Waals surface area contributed by atoms with Crippen molar-refractivity contribution in [1.82, 2.24) is 5.32 Å². The number of halogens is 3. The topological polar surface area (TPSA) is 67.4 Å². The van der Waals surface area contributed by atoms with Crippen LogP contribution in [-0.4, -0.2) is 11.9 Å². The number of ether oxygens (including phenoxy) is 1. The van der Waals surface area contributed by atoms with Gasteiger partial charge in [-0.3, -0.25) is 10.1 Å². The molecule has 0 aromatic heterocycles. The van der Waals surface area contributed by atoms with E-state index >= 15 is 0 Å². The van der Waals surface area contributed by atoms with E-state index in [1.807, 2.05) is 26.0 Å². The normalized spacial score (nSPS) is 10.6. The van der Waals surface area contributed by atoms with E-state index in [0.29, 0.717) is 38.4 Å². The van der Waals surface area contributed by atoms with Crippen LogP contribution in [0.5, 0.6) is 11.5 Å². The lowest BCUT2D eigenvalue weighted by Gasteiger charge is -2.18. The number of carbonyl (C=O) groups is 2. The maximum Gasteiger partial charge on any atom is 0.326 e. The molecule has 0 aliphatic rings. The molecule has 0 aliphatic heterocycles. The molecule has 2 N–H and O–H groups in total. The van der Waals surface area contributed by atoms with Gasteiger partial charge in [-0.2, -0.15) is 0 Å². The van der Waals surface area contributed by atoms with Crippen LogP contribution < -0.4 is 15.4 Å². The molecule has 5 nitrogen and oxygen atoms in total. The Kier molecular flexibility index (Phi) is 7.06.